The number of methoxy groups -OCH3 is 1. The summed E-state index contributed by atoms with van der Waals surface area (Å²) < 4.78 is 5.47. The fraction of sp³-hybridized carbons (Fsp3) is 0.375. The Morgan fingerprint density at radius 2 is 1.91 bits per heavy atom. The lowest BCUT2D eigenvalue weighted by atomic mass is 9.75. The van der Waals surface area contributed by atoms with Crippen molar-refractivity contribution in [3.8, 4) is 5.75 Å². The van der Waals surface area contributed by atoms with Gasteiger partial charge in [-0.25, -0.2) is 4.90 Å². The summed E-state index contributed by atoms with van der Waals surface area (Å²) in [6.07, 6.45) is 1.60. The van der Waals surface area contributed by atoms with Crippen LogP contribution in [0.5, 0.6) is 5.75 Å². The minimum atomic E-state index is -1.26. The van der Waals surface area contributed by atoms with Gasteiger partial charge in [-0.2, -0.15) is 0 Å². The van der Waals surface area contributed by atoms with Gasteiger partial charge in [-0.05, 0) is 44.0 Å². The highest BCUT2D eigenvalue weighted by atomic mass is 35.5. The molecule has 0 bridgehead atoms. The molecule has 0 aromatic heterocycles. The number of nitrogens with one attached hydrogen (secondary N) is 1. The maximum Gasteiger partial charge on any atom is 0.250 e. The number of carbonyl (C=O) groups excluding carboxylic acids is 3. The smallest absolute Gasteiger partial charge is 0.250 e. The van der Waals surface area contributed by atoms with Crippen molar-refractivity contribution in [2.24, 2.45) is 11.8 Å². The van der Waals surface area contributed by atoms with Gasteiger partial charge < -0.3 is 10.1 Å². The number of hydrogen-bond acceptors (Lipinski definition) is 5. The van der Waals surface area contributed by atoms with Crippen LogP contribution in [0.3, 0.4) is 0 Å². The van der Waals surface area contributed by atoms with E-state index in [2.05, 4.69) is 10.2 Å². The van der Waals surface area contributed by atoms with Gasteiger partial charge in [-0.1, -0.05) is 35.3 Å². The minimum Gasteiger partial charge on any atom is -0.495 e. The summed E-state index contributed by atoms with van der Waals surface area (Å²) >= 11 is 12.7. The Kier molecular flexibility index (Phi) is 4.41. The molecule has 3 fully saturated rings. The van der Waals surface area contributed by atoms with E-state index in [1.54, 1.807) is 31.2 Å². The minimum absolute atomic E-state index is 0.202. The molecule has 1 spiro atoms. The Balaban J connectivity index is 1.57. The van der Waals surface area contributed by atoms with Crippen LogP contribution in [0.15, 0.2) is 30.3 Å². The molecule has 6 rings (SSSR count). The second-order valence-corrected chi connectivity index (χ2v) is 9.89. The summed E-state index contributed by atoms with van der Waals surface area (Å²) in [5.41, 5.74) is 1.00. The van der Waals surface area contributed by atoms with Crippen LogP contribution in [0.25, 0.3) is 0 Å². The second-order valence-electron chi connectivity index (χ2n) is 9.07. The molecule has 33 heavy (non-hydrogen) atoms. The molecule has 2 aromatic rings. The van der Waals surface area contributed by atoms with Gasteiger partial charge >= 0.3 is 0 Å². The van der Waals surface area contributed by atoms with E-state index in [4.69, 9.17) is 27.9 Å². The predicted molar refractivity (Wildman–Crippen MR) is 124 cm³/mol. The van der Waals surface area contributed by atoms with E-state index >= 15 is 0 Å². The second kappa shape index (κ2) is 6.95. The topological polar surface area (TPSA) is 79.0 Å². The first-order valence-electron chi connectivity index (χ1n) is 10.9. The number of ether oxygens (including phenoxy) is 1. The van der Waals surface area contributed by atoms with Gasteiger partial charge in [0.2, 0.25) is 11.8 Å². The first-order valence-corrected chi connectivity index (χ1v) is 11.7. The van der Waals surface area contributed by atoms with Crippen LogP contribution in [-0.4, -0.2) is 42.3 Å². The van der Waals surface area contributed by atoms with Crippen molar-refractivity contribution < 1.29 is 19.1 Å². The van der Waals surface area contributed by atoms with Crippen LogP contribution >= 0.6 is 23.2 Å². The zero-order valence-corrected chi connectivity index (χ0v) is 19.5. The fourth-order valence-corrected chi connectivity index (χ4v) is 6.79. The van der Waals surface area contributed by atoms with Crippen molar-refractivity contribution in [2.75, 3.05) is 23.9 Å². The third kappa shape index (κ3) is 2.42. The third-order valence-electron chi connectivity index (χ3n) is 7.68. The molecule has 9 heteroatoms. The van der Waals surface area contributed by atoms with Crippen molar-refractivity contribution in [1.29, 1.82) is 0 Å². The molecule has 0 radical (unpaired) electrons. The van der Waals surface area contributed by atoms with Crippen LogP contribution in [-0.2, 0) is 19.9 Å². The van der Waals surface area contributed by atoms with Crippen molar-refractivity contribution in [3.05, 3.63) is 51.5 Å². The lowest BCUT2D eigenvalue weighted by Crippen LogP contribution is -2.54. The first-order chi connectivity index (χ1) is 15.8. The van der Waals surface area contributed by atoms with Gasteiger partial charge in [-0.3, -0.25) is 19.3 Å². The maximum absolute atomic E-state index is 14.1. The van der Waals surface area contributed by atoms with Crippen LogP contribution < -0.4 is 15.0 Å². The first kappa shape index (κ1) is 21.0. The van der Waals surface area contributed by atoms with Gasteiger partial charge in [0.15, 0.2) is 0 Å². The summed E-state index contributed by atoms with van der Waals surface area (Å²) in [4.78, 5) is 44.9. The van der Waals surface area contributed by atoms with Crippen molar-refractivity contribution in [3.63, 3.8) is 0 Å². The Morgan fingerprint density at radius 3 is 2.67 bits per heavy atom. The van der Waals surface area contributed by atoms with Crippen LogP contribution in [0.2, 0.25) is 10.0 Å². The van der Waals surface area contributed by atoms with Crippen LogP contribution in [0.1, 0.15) is 24.0 Å². The monoisotopic (exact) mass is 485 g/mol. The quantitative estimate of drug-likeness (QED) is 0.655. The van der Waals surface area contributed by atoms with Crippen molar-refractivity contribution in [1.82, 2.24) is 4.90 Å². The Morgan fingerprint density at radius 1 is 1.12 bits per heavy atom. The number of aryl methyl sites for hydroxylation is 1. The molecule has 2 aromatic carbocycles. The van der Waals surface area contributed by atoms with E-state index in [-0.39, 0.29) is 17.9 Å². The molecule has 0 saturated carbocycles. The number of hydrogen-bond donors (Lipinski definition) is 1. The molecular weight excluding hydrogens is 465 g/mol. The number of imide groups is 1. The van der Waals surface area contributed by atoms with E-state index in [0.29, 0.717) is 39.3 Å². The molecule has 0 aliphatic carbocycles. The summed E-state index contributed by atoms with van der Waals surface area (Å²) in [5, 5.41) is 3.81. The highest BCUT2D eigenvalue weighted by Crippen LogP contribution is 2.61. The molecule has 4 aliphatic rings. The fourth-order valence-electron chi connectivity index (χ4n) is 6.42. The number of carbonyl (C=O) groups is 3. The van der Waals surface area contributed by atoms with Crippen molar-refractivity contribution in [2.45, 2.75) is 31.3 Å². The summed E-state index contributed by atoms with van der Waals surface area (Å²) in [5.74, 6) is -2.15. The maximum atomic E-state index is 14.1. The summed E-state index contributed by atoms with van der Waals surface area (Å²) in [7, 11) is 1.47. The van der Waals surface area contributed by atoms with E-state index in [9.17, 15) is 14.4 Å². The van der Waals surface area contributed by atoms with Gasteiger partial charge in [-0.15, -0.1) is 0 Å². The molecule has 170 valence electrons. The average molecular weight is 486 g/mol. The number of nitrogens with zero attached hydrogens (tertiary/aromatic N) is 2. The predicted octanol–water partition coefficient (Wildman–Crippen LogP) is 3.74. The Hall–Kier alpha value is -2.61. The average Bonchev–Trinajstić information content (AvgIpc) is 3.49. The van der Waals surface area contributed by atoms with Gasteiger partial charge in [0.1, 0.15) is 11.3 Å². The lowest BCUT2D eigenvalue weighted by Gasteiger charge is -2.36. The number of amides is 3. The SMILES string of the molecule is COc1cc(Cl)c(C)cc1N1C(=O)[C@@H]2[C@@H]3CCCN3[C@@]3(C(=O)Nc4c(Cl)cccc43)[C@H]2C1=O. The molecule has 1 N–H and O–H groups in total. The number of benzene rings is 2. The number of rotatable bonds is 2. The zero-order valence-electron chi connectivity index (χ0n) is 18.0. The number of fused-ring (bicyclic) bond motifs is 7. The normalized spacial score (nSPS) is 30.1. The molecule has 4 aliphatic heterocycles. The van der Waals surface area contributed by atoms with Gasteiger partial charge in [0.25, 0.3) is 5.91 Å². The standard InChI is InChI=1S/C24H21Cl2N3O4/c1-11-9-16(17(33-2)10-14(11)26)29-21(30)18-15-7-4-8-28(15)24(19(18)22(29)31)12-5-3-6-13(25)20(12)27-23(24)32/h3,5-6,9-10,15,18-19H,4,7-8H2,1-2H3,(H,27,32)/t15-,18+,19+,24+/m0/s1. The molecule has 4 heterocycles. The van der Waals surface area contributed by atoms with E-state index < -0.39 is 23.3 Å². The van der Waals surface area contributed by atoms with Crippen LogP contribution in [0, 0.1) is 18.8 Å². The molecule has 0 unspecified atom stereocenters. The highest BCUT2D eigenvalue weighted by Gasteiger charge is 2.74. The molecule has 7 nitrogen and oxygen atoms in total. The highest BCUT2D eigenvalue weighted by molar-refractivity contribution is 6.35. The lowest BCUT2D eigenvalue weighted by molar-refractivity contribution is -0.135. The zero-order chi connectivity index (χ0) is 23.2. The molecular formula is C24H21Cl2N3O4. The molecule has 4 atom stereocenters. The summed E-state index contributed by atoms with van der Waals surface area (Å²) in [6, 6.07) is 8.43. The van der Waals surface area contributed by atoms with E-state index in [1.807, 2.05) is 6.07 Å². The van der Waals surface area contributed by atoms with Gasteiger partial charge in [0.05, 0.1) is 35.3 Å². The van der Waals surface area contributed by atoms with Crippen LogP contribution in [0.4, 0.5) is 11.4 Å². The number of anilines is 2. The summed E-state index contributed by atoms with van der Waals surface area (Å²) in [6.45, 7) is 2.45. The largest absolute Gasteiger partial charge is 0.495 e. The van der Waals surface area contributed by atoms with Crippen molar-refractivity contribution >= 4 is 52.3 Å². The van der Waals surface area contributed by atoms with E-state index in [0.717, 1.165) is 18.4 Å². The van der Waals surface area contributed by atoms with Gasteiger partial charge in [0, 0.05) is 22.7 Å². The third-order valence-corrected chi connectivity index (χ3v) is 8.40. The Labute approximate surface area is 200 Å². The molecule has 3 saturated heterocycles. The number of para-hydroxylation sites is 1. The Bertz CT molecular complexity index is 1260. The molecule has 3 amide bonds. The number of halogens is 2. The van der Waals surface area contributed by atoms with E-state index in [1.165, 1.54) is 12.0 Å².